The summed E-state index contributed by atoms with van der Waals surface area (Å²) >= 11 is -0.108. The van der Waals surface area contributed by atoms with Crippen LogP contribution in [-0.4, -0.2) is 26.3 Å². The Hall–Kier alpha value is -0.780. The molecule has 1 aromatic heterocycles. The van der Waals surface area contributed by atoms with Gasteiger partial charge in [-0.2, -0.15) is 0 Å². The summed E-state index contributed by atoms with van der Waals surface area (Å²) in [5, 5.41) is 1.17. The molecule has 0 bridgehead atoms. The van der Waals surface area contributed by atoms with Gasteiger partial charge in [-0.25, -0.2) is 0 Å². The number of fused-ring (bicyclic) bond motifs is 1. The Kier molecular flexibility index (Phi) is 1.92. The van der Waals surface area contributed by atoms with Gasteiger partial charge in [0.2, 0.25) is 0 Å². The zero-order valence-corrected chi connectivity index (χ0v) is 8.61. The molecule has 1 heterocycles. The minimum absolute atomic E-state index is 0.108. The fourth-order valence-electron chi connectivity index (χ4n) is 1.12. The zero-order chi connectivity index (χ0) is 8.55. The van der Waals surface area contributed by atoms with Crippen LogP contribution in [0.1, 0.15) is 10.4 Å². The van der Waals surface area contributed by atoms with E-state index >= 15 is 0 Å². The molecule has 0 saturated carbocycles. The summed E-state index contributed by atoms with van der Waals surface area (Å²) in [7, 11) is 0. The maximum absolute atomic E-state index is 10.8. The predicted octanol–water partition coefficient (Wildman–Crippen LogP) is 0.996. The van der Waals surface area contributed by atoms with Crippen LogP contribution in [0.4, 0.5) is 0 Å². The van der Waals surface area contributed by atoms with Crippen LogP contribution in [0.25, 0.3) is 8.79 Å². The third kappa shape index (κ3) is 1.26. The van der Waals surface area contributed by atoms with E-state index in [1.807, 2.05) is 12.1 Å². The van der Waals surface area contributed by atoms with Crippen LogP contribution in [0.3, 0.4) is 0 Å². The number of benzene rings is 1. The molecule has 0 radical (unpaired) electrons. The van der Waals surface area contributed by atoms with Crippen LogP contribution >= 0.6 is 0 Å². The molecule has 0 saturated heterocycles. The minimum atomic E-state index is -0.348. The molecule has 0 aliphatic heterocycles. The number of carbonyl (C=O) groups excluding carboxylic acids is 1. The first-order valence-corrected chi connectivity index (χ1v) is 6.05. The van der Waals surface area contributed by atoms with Crippen molar-refractivity contribution in [2.45, 2.75) is 0 Å². The van der Waals surface area contributed by atoms with Crippen LogP contribution in [0.5, 0.6) is 0 Å². The summed E-state index contributed by atoms with van der Waals surface area (Å²) in [4.78, 5) is 10.8. The first-order valence-electron chi connectivity index (χ1n) is 3.54. The summed E-state index contributed by atoms with van der Waals surface area (Å²) in [6, 6.07) is 7.76. The Morgan fingerprint density at radius 1 is 1.33 bits per heavy atom. The van der Waals surface area contributed by atoms with Gasteiger partial charge in [0.25, 0.3) is 0 Å². The van der Waals surface area contributed by atoms with Gasteiger partial charge >= 0.3 is 79.6 Å². The van der Waals surface area contributed by atoms with Crippen LogP contribution in [0, 0.1) is 0 Å². The fourth-order valence-corrected chi connectivity index (χ4v) is 3.32. The number of primary amides is 1. The summed E-state index contributed by atoms with van der Waals surface area (Å²) in [5.74, 6) is -0.348. The van der Waals surface area contributed by atoms with Crippen LogP contribution in [0.2, 0.25) is 0 Å². The molecule has 12 heavy (non-hydrogen) atoms. The number of nitrogens with two attached hydrogens (primary N) is 1. The molecule has 2 nitrogen and oxygen atoms in total. The van der Waals surface area contributed by atoms with Gasteiger partial charge in [0, 0.05) is 0 Å². The van der Waals surface area contributed by atoms with Crippen molar-refractivity contribution in [3.63, 3.8) is 0 Å². The van der Waals surface area contributed by atoms with Crippen molar-refractivity contribution in [2.24, 2.45) is 5.73 Å². The molecule has 2 N–H and O–H groups in total. The molecular formula is C9H7NOTe. The topological polar surface area (TPSA) is 43.1 Å². The monoisotopic (exact) mass is 275 g/mol. The van der Waals surface area contributed by atoms with E-state index in [9.17, 15) is 4.79 Å². The molecular weight excluding hydrogens is 266 g/mol. The molecule has 3 heteroatoms. The van der Waals surface area contributed by atoms with Gasteiger partial charge in [-0.05, 0) is 0 Å². The second kappa shape index (κ2) is 2.93. The molecule has 0 unspecified atom stereocenters. The fraction of sp³-hybridized carbons (Fsp3) is 0. The second-order valence-corrected chi connectivity index (χ2v) is 5.24. The molecule has 2 rings (SSSR count). The molecule has 0 atom stereocenters. The number of hydrogen-bond acceptors (Lipinski definition) is 1. The van der Waals surface area contributed by atoms with Crippen molar-refractivity contribution in [1.82, 2.24) is 0 Å². The van der Waals surface area contributed by atoms with Gasteiger partial charge in [0.15, 0.2) is 0 Å². The average molecular weight is 273 g/mol. The molecule has 0 aliphatic rings. The standard InChI is InChI=1S/C9H7NOTe/c10-9(11)7-1-2-8-6(5-7)3-4-12-8/h1-5H,(H2,10,11). The van der Waals surface area contributed by atoms with E-state index in [1.54, 1.807) is 6.07 Å². The van der Waals surface area contributed by atoms with Crippen LogP contribution in [0.15, 0.2) is 28.3 Å². The molecule has 1 aromatic carbocycles. The molecule has 60 valence electrons. The SMILES string of the molecule is NC(=O)c1ccc2[te]ccc2c1. The number of amides is 1. The van der Waals surface area contributed by atoms with Gasteiger partial charge in [-0.15, -0.1) is 0 Å². The quantitative estimate of drug-likeness (QED) is 0.773. The normalized spacial score (nSPS) is 10.3. The first-order chi connectivity index (χ1) is 5.77. The van der Waals surface area contributed by atoms with Crippen molar-refractivity contribution in [2.75, 3.05) is 0 Å². The Morgan fingerprint density at radius 3 is 2.92 bits per heavy atom. The number of carbonyl (C=O) groups is 1. The molecule has 0 fully saturated rings. The third-order valence-corrected chi connectivity index (χ3v) is 4.30. The zero-order valence-electron chi connectivity index (χ0n) is 6.28. The van der Waals surface area contributed by atoms with Crippen molar-refractivity contribution in [1.29, 1.82) is 0 Å². The Bertz CT molecular complexity index is 433. The Labute approximate surface area is 79.6 Å². The average Bonchev–Trinajstić information content (AvgIpc) is 2.49. The van der Waals surface area contributed by atoms with Crippen molar-refractivity contribution >= 4 is 35.1 Å². The second-order valence-electron chi connectivity index (χ2n) is 2.54. The predicted molar refractivity (Wildman–Crippen MR) is 49.4 cm³/mol. The van der Waals surface area contributed by atoms with Crippen LogP contribution < -0.4 is 5.73 Å². The van der Waals surface area contributed by atoms with Crippen molar-refractivity contribution < 1.29 is 4.79 Å². The van der Waals surface area contributed by atoms with Crippen molar-refractivity contribution in [3.8, 4) is 0 Å². The maximum atomic E-state index is 10.8. The van der Waals surface area contributed by atoms with E-state index in [1.165, 1.54) is 8.79 Å². The summed E-state index contributed by atoms with van der Waals surface area (Å²) < 4.78 is 3.60. The molecule has 1 amide bonds. The number of rotatable bonds is 1. The van der Waals surface area contributed by atoms with E-state index in [0.29, 0.717) is 5.56 Å². The summed E-state index contributed by atoms with van der Waals surface area (Å²) in [5.41, 5.74) is 5.76. The van der Waals surface area contributed by atoms with Gasteiger partial charge < -0.3 is 0 Å². The van der Waals surface area contributed by atoms with E-state index < -0.39 is 0 Å². The summed E-state index contributed by atoms with van der Waals surface area (Å²) in [6.07, 6.45) is 0. The van der Waals surface area contributed by atoms with E-state index in [-0.39, 0.29) is 26.3 Å². The van der Waals surface area contributed by atoms with Crippen molar-refractivity contribution in [3.05, 3.63) is 33.9 Å². The molecule has 0 aliphatic carbocycles. The van der Waals surface area contributed by atoms with E-state index in [4.69, 9.17) is 5.73 Å². The third-order valence-electron chi connectivity index (χ3n) is 1.74. The molecule has 0 spiro atoms. The van der Waals surface area contributed by atoms with Gasteiger partial charge in [-0.3, -0.25) is 0 Å². The van der Waals surface area contributed by atoms with Crippen LogP contribution in [-0.2, 0) is 0 Å². The first kappa shape index (κ1) is 7.85. The van der Waals surface area contributed by atoms with E-state index in [2.05, 4.69) is 10.1 Å². The number of hydrogen-bond donors (Lipinski definition) is 1. The van der Waals surface area contributed by atoms with Gasteiger partial charge in [-0.1, -0.05) is 0 Å². The van der Waals surface area contributed by atoms with Gasteiger partial charge in [0.05, 0.1) is 0 Å². The van der Waals surface area contributed by atoms with E-state index in [0.717, 1.165) is 0 Å². The Morgan fingerprint density at radius 2 is 2.17 bits per heavy atom. The summed E-state index contributed by atoms with van der Waals surface area (Å²) in [6.45, 7) is 0. The Balaban J connectivity index is 2.68. The molecule has 2 aromatic rings. The van der Waals surface area contributed by atoms with Gasteiger partial charge in [0.1, 0.15) is 0 Å².